The van der Waals surface area contributed by atoms with Gasteiger partial charge in [0.1, 0.15) is 17.8 Å². The van der Waals surface area contributed by atoms with Crippen molar-refractivity contribution in [2.45, 2.75) is 24.9 Å². The number of amidine groups is 1. The molecule has 1 aromatic carbocycles. The third kappa shape index (κ3) is 4.32. The van der Waals surface area contributed by atoms with Crippen molar-refractivity contribution in [1.29, 1.82) is 0 Å². The molecular weight excluding hydrogens is 373 g/mol. The van der Waals surface area contributed by atoms with Crippen molar-refractivity contribution in [2.24, 2.45) is 4.99 Å². The Bertz CT molecular complexity index is 922. The maximum atomic E-state index is 13.1. The highest BCUT2D eigenvalue weighted by molar-refractivity contribution is 6.07. The van der Waals surface area contributed by atoms with Gasteiger partial charge in [0.15, 0.2) is 5.84 Å². The Morgan fingerprint density at radius 1 is 1.17 bits per heavy atom. The number of piperidine rings is 1. The van der Waals surface area contributed by atoms with Crippen LogP contribution in [0.15, 0.2) is 60.1 Å². The molecule has 0 radical (unpaired) electrons. The van der Waals surface area contributed by atoms with Crippen LogP contribution in [0, 0.1) is 5.82 Å². The van der Waals surface area contributed by atoms with E-state index in [0.29, 0.717) is 50.4 Å². The standard InChI is InChI=1S/C21H22FN5O2/c22-17-4-2-16(3-5-17)14-21(29)7-12-26(13-8-21)20(28)27-11-1-9-24-19(27)18-6-10-23-15-25-18/h1-6,9-10,15,29H,7-8,11-14H2. The fourth-order valence-corrected chi connectivity index (χ4v) is 3.67. The summed E-state index contributed by atoms with van der Waals surface area (Å²) < 4.78 is 13.1. The van der Waals surface area contributed by atoms with Gasteiger partial charge < -0.3 is 10.0 Å². The van der Waals surface area contributed by atoms with E-state index in [4.69, 9.17) is 0 Å². The van der Waals surface area contributed by atoms with Crippen molar-refractivity contribution in [3.8, 4) is 0 Å². The van der Waals surface area contributed by atoms with Crippen molar-refractivity contribution >= 4 is 11.9 Å². The van der Waals surface area contributed by atoms with Crippen LogP contribution in [0.25, 0.3) is 0 Å². The summed E-state index contributed by atoms with van der Waals surface area (Å²) in [5.41, 5.74) is 0.565. The Morgan fingerprint density at radius 3 is 2.62 bits per heavy atom. The Morgan fingerprint density at radius 2 is 1.93 bits per heavy atom. The fraction of sp³-hybridized carbons (Fsp3) is 0.333. The summed E-state index contributed by atoms with van der Waals surface area (Å²) in [4.78, 5) is 28.9. The highest BCUT2D eigenvalue weighted by Gasteiger charge is 2.36. The largest absolute Gasteiger partial charge is 0.389 e. The zero-order valence-corrected chi connectivity index (χ0v) is 15.9. The van der Waals surface area contributed by atoms with Gasteiger partial charge in [0.2, 0.25) is 0 Å². The first kappa shape index (κ1) is 19.2. The first-order chi connectivity index (χ1) is 14.0. The number of likely N-dealkylation sites (tertiary alicyclic amines) is 1. The number of nitrogens with zero attached hydrogens (tertiary/aromatic N) is 5. The molecule has 0 aliphatic carbocycles. The molecule has 0 saturated carbocycles. The molecule has 0 unspecified atom stereocenters. The van der Waals surface area contributed by atoms with Crippen molar-refractivity contribution < 1.29 is 14.3 Å². The number of hydrogen-bond acceptors (Lipinski definition) is 5. The topological polar surface area (TPSA) is 81.9 Å². The number of amides is 2. The van der Waals surface area contributed by atoms with E-state index in [2.05, 4.69) is 15.0 Å². The monoisotopic (exact) mass is 395 g/mol. The van der Waals surface area contributed by atoms with Crippen LogP contribution in [0.3, 0.4) is 0 Å². The fourth-order valence-electron chi connectivity index (χ4n) is 3.67. The van der Waals surface area contributed by atoms with Crippen LogP contribution in [0.5, 0.6) is 0 Å². The molecule has 2 aliphatic heterocycles. The lowest BCUT2D eigenvalue weighted by Crippen LogP contribution is -2.53. The van der Waals surface area contributed by atoms with Gasteiger partial charge in [0.05, 0.1) is 5.60 Å². The number of aliphatic hydroxyl groups is 1. The van der Waals surface area contributed by atoms with E-state index in [1.807, 2.05) is 6.08 Å². The van der Waals surface area contributed by atoms with Gasteiger partial charge in [-0.1, -0.05) is 12.1 Å². The Balaban J connectivity index is 1.41. The summed E-state index contributed by atoms with van der Waals surface area (Å²) in [5, 5.41) is 10.9. The van der Waals surface area contributed by atoms with Gasteiger partial charge in [-0.25, -0.2) is 24.1 Å². The second-order valence-corrected chi connectivity index (χ2v) is 7.34. The molecule has 1 fully saturated rings. The van der Waals surface area contributed by atoms with E-state index >= 15 is 0 Å². The lowest BCUT2D eigenvalue weighted by molar-refractivity contribution is -0.0131. The highest BCUT2D eigenvalue weighted by Crippen LogP contribution is 2.27. The molecule has 1 N–H and O–H groups in total. The average molecular weight is 395 g/mol. The van der Waals surface area contributed by atoms with Crippen LogP contribution in [0.4, 0.5) is 9.18 Å². The van der Waals surface area contributed by atoms with Crippen molar-refractivity contribution in [3.05, 3.63) is 72.2 Å². The smallest absolute Gasteiger partial charge is 0.326 e. The number of carbonyl (C=O) groups is 1. The number of rotatable bonds is 3. The third-order valence-corrected chi connectivity index (χ3v) is 5.30. The average Bonchev–Trinajstić information content (AvgIpc) is 2.76. The van der Waals surface area contributed by atoms with Crippen LogP contribution in [-0.4, -0.2) is 62.0 Å². The predicted molar refractivity (Wildman–Crippen MR) is 106 cm³/mol. The van der Waals surface area contributed by atoms with Gasteiger partial charge in [-0.05, 0) is 42.7 Å². The molecule has 1 aromatic heterocycles. The number of benzene rings is 1. The molecule has 7 nitrogen and oxygen atoms in total. The van der Waals surface area contributed by atoms with Gasteiger partial charge in [-0.3, -0.25) is 4.90 Å². The molecule has 1 saturated heterocycles. The van der Waals surface area contributed by atoms with E-state index in [1.54, 1.807) is 40.4 Å². The molecule has 0 spiro atoms. The summed E-state index contributed by atoms with van der Waals surface area (Å²) >= 11 is 0. The zero-order chi connectivity index (χ0) is 20.3. The SMILES string of the molecule is O=C(N1CCC(O)(Cc2ccc(F)cc2)CC1)N1CC=CN=C1c1ccncn1. The molecule has 8 heteroatoms. The first-order valence-electron chi connectivity index (χ1n) is 9.57. The number of aliphatic imine (C=N–C) groups is 1. The summed E-state index contributed by atoms with van der Waals surface area (Å²) in [6.45, 7) is 1.29. The van der Waals surface area contributed by atoms with E-state index in [1.165, 1.54) is 18.5 Å². The normalized spacial score (nSPS) is 18.5. The Kier molecular flexibility index (Phi) is 5.35. The zero-order valence-electron chi connectivity index (χ0n) is 15.9. The minimum Gasteiger partial charge on any atom is -0.389 e. The van der Waals surface area contributed by atoms with Gasteiger partial charge >= 0.3 is 6.03 Å². The third-order valence-electron chi connectivity index (χ3n) is 5.30. The van der Waals surface area contributed by atoms with Crippen molar-refractivity contribution in [2.75, 3.05) is 19.6 Å². The molecule has 3 heterocycles. The van der Waals surface area contributed by atoms with Gasteiger partial charge in [-0.2, -0.15) is 0 Å². The summed E-state index contributed by atoms with van der Waals surface area (Å²) in [6.07, 6.45) is 7.88. The molecule has 4 rings (SSSR count). The number of carbonyl (C=O) groups excluding carboxylic acids is 1. The molecule has 0 bridgehead atoms. The van der Waals surface area contributed by atoms with Crippen molar-refractivity contribution in [3.63, 3.8) is 0 Å². The maximum Gasteiger partial charge on any atom is 0.326 e. The summed E-state index contributed by atoms with van der Waals surface area (Å²) in [6, 6.07) is 7.74. The Labute approximate surface area is 168 Å². The molecule has 2 amide bonds. The van der Waals surface area contributed by atoms with E-state index in [-0.39, 0.29) is 11.8 Å². The molecule has 29 heavy (non-hydrogen) atoms. The maximum absolute atomic E-state index is 13.1. The second kappa shape index (κ2) is 8.08. The predicted octanol–water partition coefficient (Wildman–Crippen LogP) is 2.38. The number of halogens is 1. The minimum absolute atomic E-state index is 0.157. The van der Waals surface area contributed by atoms with Gasteiger partial charge in [-0.15, -0.1) is 0 Å². The molecule has 2 aromatic rings. The highest BCUT2D eigenvalue weighted by atomic mass is 19.1. The van der Waals surface area contributed by atoms with Gasteiger partial charge in [0, 0.05) is 38.5 Å². The minimum atomic E-state index is -0.903. The molecule has 150 valence electrons. The van der Waals surface area contributed by atoms with Crippen LogP contribution in [0.2, 0.25) is 0 Å². The van der Waals surface area contributed by atoms with Crippen LogP contribution >= 0.6 is 0 Å². The second-order valence-electron chi connectivity index (χ2n) is 7.34. The lowest BCUT2D eigenvalue weighted by Gasteiger charge is -2.40. The van der Waals surface area contributed by atoms with Gasteiger partial charge in [0.25, 0.3) is 0 Å². The quantitative estimate of drug-likeness (QED) is 0.865. The number of urea groups is 1. The number of aromatic nitrogens is 2. The first-order valence-corrected chi connectivity index (χ1v) is 9.57. The molecular formula is C21H22FN5O2. The van der Waals surface area contributed by atoms with Crippen LogP contribution < -0.4 is 0 Å². The lowest BCUT2D eigenvalue weighted by atomic mass is 9.85. The Hall–Kier alpha value is -3.13. The van der Waals surface area contributed by atoms with E-state index in [9.17, 15) is 14.3 Å². The van der Waals surface area contributed by atoms with Crippen LogP contribution in [0.1, 0.15) is 24.1 Å². The van der Waals surface area contributed by atoms with E-state index in [0.717, 1.165) is 5.56 Å². The summed E-state index contributed by atoms with van der Waals surface area (Å²) in [7, 11) is 0. The molecule has 2 aliphatic rings. The number of hydrogen-bond donors (Lipinski definition) is 1. The van der Waals surface area contributed by atoms with Crippen LogP contribution in [-0.2, 0) is 6.42 Å². The molecule has 0 atom stereocenters. The van der Waals surface area contributed by atoms with E-state index < -0.39 is 5.60 Å². The summed E-state index contributed by atoms with van der Waals surface area (Å²) in [5.74, 6) is 0.199. The van der Waals surface area contributed by atoms with Crippen molar-refractivity contribution in [1.82, 2.24) is 19.8 Å².